The molecule has 1 aromatic rings. The third-order valence-corrected chi connectivity index (χ3v) is 4.25. The summed E-state index contributed by atoms with van der Waals surface area (Å²) in [5.41, 5.74) is 0.872. The van der Waals surface area contributed by atoms with Gasteiger partial charge in [-0.25, -0.2) is 4.98 Å². The first-order valence-corrected chi connectivity index (χ1v) is 7.52. The summed E-state index contributed by atoms with van der Waals surface area (Å²) in [5, 5.41) is 11.6. The summed E-state index contributed by atoms with van der Waals surface area (Å²) >= 11 is 1.60. The van der Waals surface area contributed by atoms with Gasteiger partial charge < -0.3 is 14.7 Å². The van der Waals surface area contributed by atoms with Gasteiger partial charge in [-0.2, -0.15) is 0 Å². The van der Waals surface area contributed by atoms with Crippen molar-refractivity contribution in [2.24, 2.45) is 0 Å². The minimum Gasteiger partial charge on any atom is -0.481 e. The zero-order chi connectivity index (χ0) is 13.8. The lowest BCUT2D eigenvalue weighted by atomic mass is 10.1. The second-order valence-electron chi connectivity index (χ2n) is 4.87. The molecule has 0 saturated carbocycles. The van der Waals surface area contributed by atoms with Crippen molar-refractivity contribution in [2.75, 3.05) is 18.1 Å². The van der Waals surface area contributed by atoms with Gasteiger partial charge in [0.05, 0.1) is 30.9 Å². The summed E-state index contributed by atoms with van der Waals surface area (Å²) in [6.07, 6.45) is 1.88. The highest BCUT2D eigenvalue weighted by Gasteiger charge is 2.27. The molecule has 0 spiro atoms. The van der Waals surface area contributed by atoms with Gasteiger partial charge in [0, 0.05) is 18.3 Å². The third kappa shape index (κ3) is 3.67. The van der Waals surface area contributed by atoms with E-state index in [0.29, 0.717) is 12.5 Å². The molecule has 2 rings (SSSR count). The summed E-state index contributed by atoms with van der Waals surface area (Å²) in [4.78, 5) is 17.4. The van der Waals surface area contributed by atoms with Crippen LogP contribution in [0.3, 0.4) is 0 Å². The highest BCUT2D eigenvalue weighted by atomic mass is 32.1. The van der Waals surface area contributed by atoms with Gasteiger partial charge in [-0.05, 0) is 13.3 Å². The number of anilines is 1. The van der Waals surface area contributed by atoms with Crippen LogP contribution < -0.4 is 4.90 Å². The monoisotopic (exact) mass is 284 g/mol. The maximum absolute atomic E-state index is 10.6. The van der Waals surface area contributed by atoms with Crippen LogP contribution in [0.25, 0.3) is 0 Å². The number of aliphatic carboxylic acids is 1. The van der Waals surface area contributed by atoms with Crippen molar-refractivity contribution in [3.8, 4) is 0 Å². The van der Waals surface area contributed by atoms with Crippen LogP contribution in [0.15, 0.2) is 5.38 Å². The van der Waals surface area contributed by atoms with Crippen molar-refractivity contribution in [2.45, 2.75) is 45.3 Å². The number of thiazole rings is 1. The molecule has 1 N–H and O–H groups in total. The Hall–Kier alpha value is -1.14. The lowest BCUT2D eigenvalue weighted by molar-refractivity contribution is -0.136. The molecule has 5 nitrogen and oxygen atoms in total. The number of hydrogen-bond donors (Lipinski definition) is 1. The molecule has 1 aliphatic rings. The predicted octanol–water partition coefficient (Wildman–Crippen LogP) is 2.16. The highest BCUT2D eigenvalue weighted by Crippen LogP contribution is 2.27. The van der Waals surface area contributed by atoms with E-state index in [4.69, 9.17) is 9.84 Å². The SMILES string of the molecule is CCC1COC(C)CN1c1nc(CCC(=O)O)cs1. The molecule has 0 radical (unpaired) electrons. The third-order valence-electron chi connectivity index (χ3n) is 3.32. The van der Waals surface area contributed by atoms with Gasteiger partial charge >= 0.3 is 5.97 Å². The van der Waals surface area contributed by atoms with Gasteiger partial charge in [0.1, 0.15) is 0 Å². The molecule has 2 heterocycles. The number of carboxylic acids is 1. The van der Waals surface area contributed by atoms with Gasteiger partial charge in [0.25, 0.3) is 0 Å². The fraction of sp³-hybridized carbons (Fsp3) is 0.692. The number of carboxylic acid groups (broad SMARTS) is 1. The molecule has 2 atom stereocenters. The highest BCUT2D eigenvalue weighted by molar-refractivity contribution is 7.13. The van der Waals surface area contributed by atoms with Gasteiger partial charge in [0.15, 0.2) is 5.13 Å². The lowest BCUT2D eigenvalue weighted by Gasteiger charge is -2.38. The smallest absolute Gasteiger partial charge is 0.303 e. The molecule has 19 heavy (non-hydrogen) atoms. The van der Waals surface area contributed by atoms with E-state index in [1.165, 1.54) is 0 Å². The molecule has 1 fully saturated rings. The molecule has 0 bridgehead atoms. The van der Waals surface area contributed by atoms with Crippen molar-refractivity contribution in [3.05, 3.63) is 11.1 Å². The Labute approximate surface area is 117 Å². The zero-order valence-electron chi connectivity index (χ0n) is 11.3. The van der Waals surface area contributed by atoms with Crippen molar-refractivity contribution in [1.29, 1.82) is 0 Å². The summed E-state index contributed by atoms with van der Waals surface area (Å²) < 4.78 is 5.68. The summed E-state index contributed by atoms with van der Waals surface area (Å²) in [6.45, 7) is 5.81. The first kappa shape index (κ1) is 14.3. The Kier molecular flexibility index (Phi) is 4.76. The van der Waals surface area contributed by atoms with Crippen molar-refractivity contribution < 1.29 is 14.6 Å². The van der Waals surface area contributed by atoms with E-state index < -0.39 is 5.97 Å². The molecule has 0 aromatic carbocycles. The Morgan fingerprint density at radius 1 is 1.68 bits per heavy atom. The Morgan fingerprint density at radius 2 is 2.47 bits per heavy atom. The number of morpholine rings is 1. The van der Waals surface area contributed by atoms with Gasteiger partial charge in [-0.3, -0.25) is 4.79 Å². The molecule has 0 amide bonds. The van der Waals surface area contributed by atoms with Crippen molar-refractivity contribution >= 4 is 22.4 Å². The minimum absolute atomic E-state index is 0.139. The van der Waals surface area contributed by atoms with E-state index in [-0.39, 0.29) is 12.5 Å². The number of ether oxygens (including phenoxy) is 1. The van der Waals surface area contributed by atoms with Crippen LogP contribution in [-0.2, 0) is 16.0 Å². The molecule has 6 heteroatoms. The lowest BCUT2D eigenvalue weighted by Crippen LogP contribution is -2.48. The quantitative estimate of drug-likeness (QED) is 0.897. The predicted molar refractivity (Wildman–Crippen MR) is 74.9 cm³/mol. The minimum atomic E-state index is -0.777. The van der Waals surface area contributed by atoms with E-state index in [2.05, 4.69) is 23.7 Å². The van der Waals surface area contributed by atoms with E-state index in [0.717, 1.165) is 30.4 Å². The fourth-order valence-corrected chi connectivity index (χ4v) is 3.14. The molecule has 1 aliphatic heterocycles. The number of aromatic nitrogens is 1. The fourth-order valence-electron chi connectivity index (χ4n) is 2.19. The summed E-state index contributed by atoms with van der Waals surface area (Å²) in [7, 11) is 0. The van der Waals surface area contributed by atoms with Gasteiger partial charge in [-0.1, -0.05) is 6.92 Å². The largest absolute Gasteiger partial charge is 0.481 e. The van der Waals surface area contributed by atoms with Gasteiger partial charge in [-0.15, -0.1) is 11.3 Å². The van der Waals surface area contributed by atoms with Crippen LogP contribution >= 0.6 is 11.3 Å². The average Bonchev–Trinajstić information content (AvgIpc) is 2.85. The van der Waals surface area contributed by atoms with E-state index in [1.807, 2.05) is 5.38 Å². The molecular formula is C13H20N2O3S. The second kappa shape index (κ2) is 6.34. The first-order valence-electron chi connectivity index (χ1n) is 6.64. The molecular weight excluding hydrogens is 264 g/mol. The number of nitrogens with zero attached hydrogens (tertiary/aromatic N) is 2. The van der Waals surface area contributed by atoms with E-state index in [1.54, 1.807) is 11.3 Å². The van der Waals surface area contributed by atoms with E-state index in [9.17, 15) is 4.79 Å². The van der Waals surface area contributed by atoms with Crippen molar-refractivity contribution in [3.63, 3.8) is 0 Å². The summed E-state index contributed by atoms with van der Waals surface area (Å²) in [5.74, 6) is -0.777. The molecule has 106 valence electrons. The summed E-state index contributed by atoms with van der Waals surface area (Å²) in [6, 6.07) is 0.370. The zero-order valence-corrected chi connectivity index (χ0v) is 12.2. The molecule has 1 saturated heterocycles. The first-order chi connectivity index (χ1) is 9.10. The normalized spacial score (nSPS) is 23.6. The second-order valence-corrected chi connectivity index (χ2v) is 5.71. The van der Waals surface area contributed by atoms with Crippen LogP contribution in [0.2, 0.25) is 0 Å². The van der Waals surface area contributed by atoms with E-state index >= 15 is 0 Å². The molecule has 2 unspecified atom stereocenters. The Morgan fingerprint density at radius 3 is 3.16 bits per heavy atom. The number of rotatable bonds is 5. The average molecular weight is 284 g/mol. The van der Waals surface area contributed by atoms with Crippen LogP contribution in [-0.4, -0.2) is 41.4 Å². The van der Waals surface area contributed by atoms with Crippen LogP contribution in [0.5, 0.6) is 0 Å². The maximum atomic E-state index is 10.6. The van der Waals surface area contributed by atoms with Crippen molar-refractivity contribution in [1.82, 2.24) is 4.98 Å². The van der Waals surface area contributed by atoms with Crippen LogP contribution in [0.1, 0.15) is 32.4 Å². The number of hydrogen-bond acceptors (Lipinski definition) is 5. The van der Waals surface area contributed by atoms with Crippen LogP contribution in [0, 0.1) is 0 Å². The number of carbonyl (C=O) groups is 1. The standard InChI is InChI=1S/C13H20N2O3S/c1-3-11-7-18-9(2)6-15(11)13-14-10(8-19-13)4-5-12(16)17/h8-9,11H,3-7H2,1-2H3,(H,16,17). The Bertz CT molecular complexity index is 435. The number of aryl methyl sites for hydroxylation is 1. The van der Waals surface area contributed by atoms with Crippen LogP contribution in [0.4, 0.5) is 5.13 Å². The molecule has 0 aliphatic carbocycles. The topological polar surface area (TPSA) is 62.7 Å². The van der Waals surface area contributed by atoms with Gasteiger partial charge in [0.2, 0.25) is 0 Å². The Balaban J connectivity index is 2.05. The molecule has 1 aromatic heterocycles. The maximum Gasteiger partial charge on any atom is 0.303 e.